The molecule has 0 saturated heterocycles. The van der Waals surface area contributed by atoms with Gasteiger partial charge in [-0.1, -0.05) is 25.3 Å². The van der Waals surface area contributed by atoms with Crippen LogP contribution < -0.4 is 5.73 Å². The minimum absolute atomic E-state index is 0.0653. The average Bonchev–Trinajstić information content (AvgIpc) is 2.95. The van der Waals surface area contributed by atoms with Crippen molar-refractivity contribution in [1.82, 2.24) is 4.90 Å². The molecule has 0 spiro atoms. The monoisotopic (exact) mass is 236 g/mol. The Balaban J connectivity index is 2.03. The second-order valence-electron chi connectivity index (χ2n) is 5.42. The molecule has 17 heavy (non-hydrogen) atoms. The van der Waals surface area contributed by atoms with Gasteiger partial charge in [-0.3, -0.25) is 4.79 Å². The Morgan fingerprint density at radius 2 is 1.94 bits per heavy atom. The molecule has 96 valence electrons. The highest BCUT2D eigenvalue weighted by atomic mass is 16.2. The van der Waals surface area contributed by atoms with E-state index in [4.69, 9.17) is 5.73 Å². The van der Waals surface area contributed by atoms with Gasteiger partial charge in [0.15, 0.2) is 0 Å². The van der Waals surface area contributed by atoms with Crippen LogP contribution in [0.2, 0.25) is 0 Å². The zero-order chi connectivity index (χ0) is 12.3. The summed E-state index contributed by atoms with van der Waals surface area (Å²) < 4.78 is 0. The summed E-state index contributed by atoms with van der Waals surface area (Å²) in [4.78, 5) is 14.6. The van der Waals surface area contributed by atoms with Crippen molar-refractivity contribution in [3.8, 4) is 0 Å². The Bertz CT molecular complexity index is 284. The van der Waals surface area contributed by atoms with Crippen molar-refractivity contribution in [3.05, 3.63) is 12.7 Å². The molecule has 2 atom stereocenters. The van der Waals surface area contributed by atoms with E-state index in [9.17, 15) is 4.79 Å². The van der Waals surface area contributed by atoms with E-state index < -0.39 is 0 Å². The van der Waals surface area contributed by atoms with Gasteiger partial charge in [0.1, 0.15) is 0 Å². The lowest BCUT2D eigenvalue weighted by atomic mass is 10.0. The maximum atomic E-state index is 12.5. The summed E-state index contributed by atoms with van der Waals surface area (Å²) in [6.45, 7) is 4.46. The third-order valence-electron chi connectivity index (χ3n) is 4.26. The topological polar surface area (TPSA) is 46.3 Å². The first kappa shape index (κ1) is 12.6. The van der Waals surface area contributed by atoms with Gasteiger partial charge in [0.05, 0.1) is 5.92 Å². The second-order valence-corrected chi connectivity index (χ2v) is 5.42. The van der Waals surface area contributed by atoms with Gasteiger partial charge in [-0.2, -0.15) is 0 Å². The molecule has 0 aromatic rings. The third-order valence-corrected chi connectivity index (χ3v) is 4.26. The van der Waals surface area contributed by atoms with Gasteiger partial charge in [-0.05, 0) is 25.7 Å². The van der Waals surface area contributed by atoms with Gasteiger partial charge in [-0.15, -0.1) is 6.58 Å². The quantitative estimate of drug-likeness (QED) is 0.760. The molecule has 2 aliphatic rings. The van der Waals surface area contributed by atoms with Crippen molar-refractivity contribution in [2.24, 2.45) is 11.7 Å². The Morgan fingerprint density at radius 1 is 1.24 bits per heavy atom. The summed E-state index contributed by atoms with van der Waals surface area (Å²) in [7, 11) is 0. The molecule has 3 nitrogen and oxygen atoms in total. The lowest BCUT2D eigenvalue weighted by molar-refractivity contribution is -0.137. The standard InChI is InChI=1S/C14H24N2O/c1-2-10-16(11-6-3-4-7-11)14(17)12-8-5-9-13(12)15/h2,11-13H,1,3-10,15H2. The van der Waals surface area contributed by atoms with Crippen molar-refractivity contribution < 1.29 is 4.79 Å². The van der Waals surface area contributed by atoms with Gasteiger partial charge < -0.3 is 10.6 Å². The molecule has 0 bridgehead atoms. The molecule has 2 saturated carbocycles. The summed E-state index contributed by atoms with van der Waals surface area (Å²) in [5.41, 5.74) is 6.04. The second kappa shape index (κ2) is 5.67. The van der Waals surface area contributed by atoms with Crippen molar-refractivity contribution in [2.75, 3.05) is 6.54 Å². The SMILES string of the molecule is C=CCN(C(=O)C1CCCC1N)C1CCCC1. The van der Waals surface area contributed by atoms with Crippen LogP contribution in [0.4, 0.5) is 0 Å². The maximum Gasteiger partial charge on any atom is 0.227 e. The van der Waals surface area contributed by atoms with E-state index in [2.05, 4.69) is 6.58 Å². The number of nitrogens with two attached hydrogens (primary N) is 1. The van der Waals surface area contributed by atoms with Crippen molar-refractivity contribution >= 4 is 5.91 Å². The van der Waals surface area contributed by atoms with Crippen LogP contribution in [0, 0.1) is 5.92 Å². The van der Waals surface area contributed by atoms with Crippen molar-refractivity contribution in [2.45, 2.75) is 57.0 Å². The van der Waals surface area contributed by atoms with E-state index in [1.54, 1.807) is 0 Å². The number of rotatable bonds is 4. The van der Waals surface area contributed by atoms with Gasteiger partial charge in [0.2, 0.25) is 5.91 Å². The van der Waals surface area contributed by atoms with E-state index in [1.165, 1.54) is 12.8 Å². The molecule has 0 radical (unpaired) electrons. The number of amides is 1. The fourth-order valence-corrected chi connectivity index (χ4v) is 3.28. The zero-order valence-corrected chi connectivity index (χ0v) is 10.6. The molecule has 0 aromatic carbocycles. The predicted molar refractivity (Wildman–Crippen MR) is 69.5 cm³/mol. The van der Waals surface area contributed by atoms with Crippen LogP contribution in [0.3, 0.4) is 0 Å². The predicted octanol–water partition coefficient (Wildman–Crippen LogP) is 2.07. The smallest absolute Gasteiger partial charge is 0.227 e. The maximum absolute atomic E-state index is 12.5. The van der Waals surface area contributed by atoms with Crippen molar-refractivity contribution in [3.63, 3.8) is 0 Å². The largest absolute Gasteiger partial charge is 0.336 e. The van der Waals surface area contributed by atoms with Crippen LogP contribution in [-0.2, 0) is 4.79 Å². The Hall–Kier alpha value is -0.830. The van der Waals surface area contributed by atoms with E-state index >= 15 is 0 Å². The Labute approximate surface area is 104 Å². The molecular formula is C14H24N2O. The summed E-state index contributed by atoms with van der Waals surface area (Å²) >= 11 is 0. The Kier molecular flexibility index (Phi) is 4.21. The van der Waals surface area contributed by atoms with Crippen molar-refractivity contribution in [1.29, 1.82) is 0 Å². The molecule has 0 aromatic heterocycles. The molecule has 2 aliphatic carbocycles. The minimum Gasteiger partial charge on any atom is -0.336 e. The number of hydrogen-bond donors (Lipinski definition) is 1. The van der Waals surface area contributed by atoms with Crippen LogP contribution in [0.5, 0.6) is 0 Å². The van der Waals surface area contributed by atoms with E-state index in [0.717, 1.165) is 32.1 Å². The highest BCUT2D eigenvalue weighted by molar-refractivity contribution is 5.80. The normalized spacial score (nSPS) is 29.5. The van der Waals surface area contributed by atoms with Crippen LogP contribution in [-0.4, -0.2) is 29.4 Å². The molecule has 3 heteroatoms. The number of nitrogens with zero attached hydrogens (tertiary/aromatic N) is 1. The van der Waals surface area contributed by atoms with Crippen LogP contribution in [0.1, 0.15) is 44.9 Å². The van der Waals surface area contributed by atoms with E-state index in [1.807, 2.05) is 11.0 Å². The molecule has 2 unspecified atom stereocenters. The fourth-order valence-electron chi connectivity index (χ4n) is 3.28. The summed E-state index contributed by atoms with van der Waals surface area (Å²) in [5.74, 6) is 0.345. The first-order chi connectivity index (χ1) is 8.24. The first-order valence-corrected chi connectivity index (χ1v) is 6.91. The molecule has 1 amide bonds. The lowest BCUT2D eigenvalue weighted by Gasteiger charge is -2.31. The minimum atomic E-state index is 0.0653. The molecule has 2 fully saturated rings. The van der Waals surface area contributed by atoms with Gasteiger partial charge in [0, 0.05) is 18.6 Å². The van der Waals surface area contributed by atoms with Gasteiger partial charge in [0.25, 0.3) is 0 Å². The number of carbonyl (C=O) groups excluding carboxylic acids is 1. The Morgan fingerprint density at radius 3 is 2.47 bits per heavy atom. The number of hydrogen-bond acceptors (Lipinski definition) is 2. The summed E-state index contributed by atoms with van der Waals surface area (Å²) in [6.07, 6.45) is 9.73. The van der Waals surface area contributed by atoms with E-state index in [-0.39, 0.29) is 17.9 Å². The van der Waals surface area contributed by atoms with E-state index in [0.29, 0.717) is 12.6 Å². The molecule has 0 aliphatic heterocycles. The molecule has 2 N–H and O–H groups in total. The average molecular weight is 236 g/mol. The number of carbonyl (C=O) groups is 1. The van der Waals surface area contributed by atoms with Gasteiger partial charge in [-0.25, -0.2) is 0 Å². The highest BCUT2D eigenvalue weighted by Gasteiger charge is 2.36. The molecule has 0 heterocycles. The van der Waals surface area contributed by atoms with Crippen LogP contribution in [0.15, 0.2) is 12.7 Å². The fraction of sp³-hybridized carbons (Fsp3) is 0.786. The van der Waals surface area contributed by atoms with Crippen LogP contribution >= 0.6 is 0 Å². The zero-order valence-electron chi connectivity index (χ0n) is 10.6. The molecule has 2 rings (SSSR count). The van der Waals surface area contributed by atoms with Gasteiger partial charge >= 0.3 is 0 Å². The summed E-state index contributed by atoms with van der Waals surface area (Å²) in [5, 5.41) is 0. The summed E-state index contributed by atoms with van der Waals surface area (Å²) in [6, 6.07) is 0.518. The highest BCUT2D eigenvalue weighted by Crippen LogP contribution is 2.30. The lowest BCUT2D eigenvalue weighted by Crippen LogP contribution is -2.46. The third kappa shape index (κ3) is 2.71. The van der Waals surface area contributed by atoms with Crippen LogP contribution in [0.25, 0.3) is 0 Å². The molecular weight excluding hydrogens is 212 g/mol. The first-order valence-electron chi connectivity index (χ1n) is 6.91.